The van der Waals surface area contributed by atoms with E-state index < -0.39 is 38.6 Å². The quantitative estimate of drug-likeness (QED) is 0.690. The van der Waals surface area contributed by atoms with E-state index in [1.165, 1.54) is 13.8 Å². The summed E-state index contributed by atoms with van der Waals surface area (Å²) in [5.74, 6) is -3.42. The third-order valence-corrected chi connectivity index (χ3v) is 4.88. The molecular formula is C12H23NO5S. The molecule has 19 heavy (non-hydrogen) atoms. The molecule has 112 valence electrons. The molecule has 0 aliphatic heterocycles. The standard InChI is InChI=1S/C12H23NO5S/c1-5-6-9(4)13-10(14)7-19(17,18)11(8(2)3)12(15)16/h8-9,11H,5-7H2,1-4H3,(H,13,14)(H,15,16). The number of amides is 1. The molecule has 0 aromatic rings. The fourth-order valence-electron chi connectivity index (χ4n) is 1.95. The number of carboxylic acid groups (broad SMARTS) is 1. The molecule has 0 rings (SSSR count). The van der Waals surface area contributed by atoms with Crippen molar-refractivity contribution in [3.05, 3.63) is 0 Å². The Kier molecular flexibility index (Phi) is 7.04. The van der Waals surface area contributed by atoms with Gasteiger partial charge < -0.3 is 10.4 Å². The van der Waals surface area contributed by atoms with Crippen LogP contribution in [0.25, 0.3) is 0 Å². The zero-order valence-electron chi connectivity index (χ0n) is 11.8. The zero-order valence-corrected chi connectivity index (χ0v) is 12.7. The lowest BCUT2D eigenvalue weighted by Crippen LogP contribution is -2.43. The number of sulfone groups is 1. The van der Waals surface area contributed by atoms with Gasteiger partial charge in [-0.15, -0.1) is 0 Å². The van der Waals surface area contributed by atoms with Crippen LogP contribution in [0.4, 0.5) is 0 Å². The number of aliphatic carboxylic acids is 1. The van der Waals surface area contributed by atoms with E-state index in [4.69, 9.17) is 5.11 Å². The molecule has 0 saturated carbocycles. The maximum Gasteiger partial charge on any atom is 0.322 e. The first-order chi connectivity index (χ1) is 8.61. The topological polar surface area (TPSA) is 101 Å². The van der Waals surface area contributed by atoms with Crippen LogP contribution in [0.3, 0.4) is 0 Å². The summed E-state index contributed by atoms with van der Waals surface area (Å²) in [7, 11) is -3.99. The summed E-state index contributed by atoms with van der Waals surface area (Å²) in [6, 6.07) is -0.116. The minimum Gasteiger partial charge on any atom is -0.480 e. The van der Waals surface area contributed by atoms with E-state index in [9.17, 15) is 18.0 Å². The van der Waals surface area contributed by atoms with Gasteiger partial charge in [0, 0.05) is 6.04 Å². The van der Waals surface area contributed by atoms with Gasteiger partial charge in [0.2, 0.25) is 5.91 Å². The van der Waals surface area contributed by atoms with Crippen LogP contribution in [0.15, 0.2) is 0 Å². The Morgan fingerprint density at radius 3 is 2.11 bits per heavy atom. The summed E-state index contributed by atoms with van der Waals surface area (Å²) < 4.78 is 23.8. The molecule has 0 aliphatic rings. The Hall–Kier alpha value is -1.11. The van der Waals surface area contributed by atoms with E-state index in [0.717, 1.165) is 12.8 Å². The summed E-state index contributed by atoms with van der Waals surface area (Å²) in [5, 5.41) is 9.96. The van der Waals surface area contributed by atoms with Crippen LogP contribution >= 0.6 is 0 Å². The van der Waals surface area contributed by atoms with Gasteiger partial charge in [0.1, 0.15) is 5.75 Å². The van der Waals surface area contributed by atoms with Gasteiger partial charge in [-0.3, -0.25) is 9.59 Å². The van der Waals surface area contributed by atoms with Gasteiger partial charge in [0.05, 0.1) is 0 Å². The predicted molar refractivity (Wildman–Crippen MR) is 72.6 cm³/mol. The molecule has 7 heteroatoms. The van der Waals surface area contributed by atoms with Gasteiger partial charge in [-0.1, -0.05) is 27.2 Å². The number of hydrogen-bond acceptors (Lipinski definition) is 4. The van der Waals surface area contributed by atoms with Crippen molar-refractivity contribution in [2.24, 2.45) is 5.92 Å². The van der Waals surface area contributed by atoms with E-state index in [-0.39, 0.29) is 6.04 Å². The highest BCUT2D eigenvalue weighted by Crippen LogP contribution is 2.14. The second-order valence-corrected chi connectivity index (χ2v) is 7.19. The predicted octanol–water partition coefficient (Wildman–Crippen LogP) is 0.815. The fourth-order valence-corrected chi connectivity index (χ4v) is 3.71. The van der Waals surface area contributed by atoms with Crippen LogP contribution < -0.4 is 5.32 Å². The van der Waals surface area contributed by atoms with Crippen molar-refractivity contribution in [1.29, 1.82) is 0 Å². The van der Waals surface area contributed by atoms with E-state index in [1.807, 2.05) is 6.92 Å². The summed E-state index contributed by atoms with van der Waals surface area (Å²) in [5.41, 5.74) is 0. The van der Waals surface area contributed by atoms with Crippen molar-refractivity contribution in [2.75, 3.05) is 5.75 Å². The molecule has 0 bridgehead atoms. The van der Waals surface area contributed by atoms with Crippen LogP contribution in [0, 0.1) is 5.92 Å². The maximum absolute atomic E-state index is 11.9. The number of carbonyl (C=O) groups excluding carboxylic acids is 1. The molecule has 0 aliphatic carbocycles. The maximum atomic E-state index is 11.9. The second-order valence-electron chi connectivity index (χ2n) is 5.07. The monoisotopic (exact) mass is 293 g/mol. The second kappa shape index (κ2) is 7.47. The number of carboxylic acids is 1. The van der Waals surface area contributed by atoms with Crippen molar-refractivity contribution < 1.29 is 23.1 Å². The highest BCUT2D eigenvalue weighted by molar-refractivity contribution is 7.93. The highest BCUT2D eigenvalue weighted by Gasteiger charge is 2.36. The normalized spacial score (nSPS) is 15.0. The largest absolute Gasteiger partial charge is 0.480 e. The Bertz CT molecular complexity index is 416. The molecule has 0 saturated heterocycles. The third kappa shape index (κ3) is 6.04. The Labute approximate surface area is 114 Å². The molecule has 0 heterocycles. The van der Waals surface area contributed by atoms with Crippen molar-refractivity contribution in [1.82, 2.24) is 5.32 Å². The number of hydrogen-bond donors (Lipinski definition) is 2. The van der Waals surface area contributed by atoms with Gasteiger partial charge in [-0.25, -0.2) is 8.42 Å². The summed E-state index contributed by atoms with van der Waals surface area (Å²) in [4.78, 5) is 22.6. The Balaban J connectivity index is 4.76. The first-order valence-electron chi connectivity index (χ1n) is 6.35. The van der Waals surface area contributed by atoms with Crippen molar-refractivity contribution in [2.45, 2.75) is 51.8 Å². The summed E-state index contributed by atoms with van der Waals surface area (Å²) in [6.07, 6.45) is 1.62. The Morgan fingerprint density at radius 2 is 1.74 bits per heavy atom. The molecule has 0 aromatic heterocycles. The average Bonchev–Trinajstić information content (AvgIpc) is 2.12. The molecule has 6 nitrogen and oxygen atoms in total. The van der Waals surface area contributed by atoms with Crippen LogP contribution in [0.5, 0.6) is 0 Å². The first kappa shape index (κ1) is 17.9. The van der Waals surface area contributed by atoms with E-state index in [0.29, 0.717) is 0 Å². The number of nitrogens with one attached hydrogen (secondary N) is 1. The first-order valence-corrected chi connectivity index (χ1v) is 8.07. The molecule has 0 spiro atoms. The van der Waals surface area contributed by atoms with Gasteiger partial charge >= 0.3 is 5.97 Å². The number of rotatable bonds is 8. The van der Waals surface area contributed by atoms with Crippen molar-refractivity contribution in [3.63, 3.8) is 0 Å². The van der Waals surface area contributed by atoms with Gasteiger partial charge in [0.25, 0.3) is 0 Å². The van der Waals surface area contributed by atoms with E-state index in [2.05, 4.69) is 5.32 Å². The van der Waals surface area contributed by atoms with Crippen molar-refractivity contribution >= 4 is 21.7 Å². The van der Waals surface area contributed by atoms with E-state index in [1.54, 1.807) is 6.92 Å². The SMILES string of the molecule is CCCC(C)NC(=O)CS(=O)(=O)C(C(=O)O)C(C)C. The zero-order chi connectivity index (χ0) is 15.2. The molecule has 1 amide bonds. The molecule has 0 fully saturated rings. The Morgan fingerprint density at radius 1 is 1.21 bits per heavy atom. The van der Waals surface area contributed by atoms with Crippen LogP contribution in [0.2, 0.25) is 0 Å². The van der Waals surface area contributed by atoms with Crippen LogP contribution in [-0.2, 0) is 19.4 Å². The minimum absolute atomic E-state index is 0.116. The number of carbonyl (C=O) groups is 2. The molecular weight excluding hydrogens is 270 g/mol. The van der Waals surface area contributed by atoms with Crippen molar-refractivity contribution in [3.8, 4) is 0 Å². The molecule has 2 atom stereocenters. The van der Waals surface area contributed by atoms with Gasteiger partial charge in [0.15, 0.2) is 15.1 Å². The summed E-state index contributed by atoms with van der Waals surface area (Å²) in [6.45, 7) is 6.76. The lowest BCUT2D eigenvalue weighted by atomic mass is 10.1. The fraction of sp³-hybridized carbons (Fsp3) is 0.833. The smallest absolute Gasteiger partial charge is 0.322 e. The van der Waals surface area contributed by atoms with E-state index >= 15 is 0 Å². The molecule has 2 unspecified atom stereocenters. The molecule has 0 radical (unpaired) electrons. The lowest BCUT2D eigenvalue weighted by molar-refractivity contribution is -0.137. The third-order valence-electron chi connectivity index (χ3n) is 2.70. The summed E-state index contributed by atoms with van der Waals surface area (Å²) >= 11 is 0. The molecule has 2 N–H and O–H groups in total. The average molecular weight is 293 g/mol. The van der Waals surface area contributed by atoms with Gasteiger partial charge in [-0.2, -0.15) is 0 Å². The lowest BCUT2D eigenvalue weighted by Gasteiger charge is -2.18. The van der Waals surface area contributed by atoms with Gasteiger partial charge in [-0.05, 0) is 19.3 Å². The molecule has 0 aromatic carbocycles. The highest BCUT2D eigenvalue weighted by atomic mass is 32.2. The van der Waals surface area contributed by atoms with Crippen LogP contribution in [-0.4, -0.2) is 42.4 Å². The van der Waals surface area contributed by atoms with Crippen LogP contribution in [0.1, 0.15) is 40.5 Å². The minimum atomic E-state index is -3.99.